The smallest absolute Gasteiger partial charge is 0.210 e. The molecule has 6 nitrogen and oxygen atoms in total. The van der Waals surface area contributed by atoms with Crippen molar-refractivity contribution in [2.75, 3.05) is 19.8 Å². The molecule has 18 heavy (non-hydrogen) atoms. The molecule has 1 aliphatic heterocycles. The van der Waals surface area contributed by atoms with Crippen molar-refractivity contribution >= 4 is 17.2 Å². The molecule has 0 amide bonds. The monoisotopic (exact) mass is 268 g/mol. The second-order valence-corrected chi connectivity index (χ2v) is 4.62. The number of hydrogen-bond acceptors (Lipinski definition) is 5. The van der Waals surface area contributed by atoms with Crippen LogP contribution in [0.1, 0.15) is 12.8 Å². The van der Waals surface area contributed by atoms with Gasteiger partial charge >= 0.3 is 0 Å². The molecule has 0 radical (unpaired) electrons. The normalized spacial score (nSPS) is 17.2. The van der Waals surface area contributed by atoms with Gasteiger partial charge in [-0.25, -0.2) is 4.98 Å². The summed E-state index contributed by atoms with van der Waals surface area (Å²) in [6.07, 6.45) is 5.17. The van der Waals surface area contributed by atoms with Gasteiger partial charge in [0, 0.05) is 13.2 Å². The van der Waals surface area contributed by atoms with Crippen molar-refractivity contribution in [3.63, 3.8) is 0 Å². The van der Waals surface area contributed by atoms with E-state index >= 15 is 0 Å². The average Bonchev–Trinajstić information content (AvgIpc) is 2.90. The lowest BCUT2D eigenvalue weighted by molar-refractivity contribution is 0.0498. The molecular formula is C11H13ClN4O2. The van der Waals surface area contributed by atoms with Gasteiger partial charge in [-0.1, -0.05) is 0 Å². The number of halogens is 1. The Morgan fingerprint density at radius 1 is 1.44 bits per heavy atom. The Bertz CT molecular complexity index is 539. The lowest BCUT2D eigenvalue weighted by Crippen LogP contribution is -2.21. The molecule has 0 aromatic carbocycles. The van der Waals surface area contributed by atoms with Crippen molar-refractivity contribution in [3.05, 3.63) is 17.8 Å². The van der Waals surface area contributed by atoms with Crippen LogP contribution >= 0.6 is 11.6 Å². The fourth-order valence-electron chi connectivity index (χ4n) is 1.99. The van der Waals surface area contributed by atoms with Crippen molar-refractivity contribution in [1.82, 2.24) is 19.6 Å². The molecule has 3 heterocycles. The zero-order valence-corrected chi connectivity index (χ0v) is 10.5. The van der Waals surface area contributed by atoms with E-state index in [4.69, 9.17) is 21.1 Å². The van der Waals surface area contributed by atoms with Crippen molar-refractivity contribution in [2.24, 2.45) is 5.92 Å². The third-order valence-corrected chi connectivity index (χ3v) is 3.35. The van der Waals surface area contributed by atoms with E-state index in [0.29, 0.717) is 29.2 Å². The summed E-state index contributed by atoms with van der Waals surface area (Å²) >= 11 is 5.92. The Morgan fingerprint density at radius 2 is 2.28 bits per heavy atom. The molecule has 0 spiro atoms. The van der Waals surface area contributed by atoms with E-state index in [2.05, 4.69) is 15.2 Å². The van der Waals surface area contributed by atoms with Crippen LogP contribution in [0.5, 0.6) is 5.75 Å². The van der Waals surface area contributed by atoms with Crippen LogP contribution in [0, 0.1) is 5.92 Å². The first kappa shape index (κ1) is 11.7. The Labute approximate surface area is 109 Å². The van der Waals surface area contributed by atoms with Crippen LogP contribution in [0.2, 0.25) is 5.28 Å². The quantitative estimate of drug-likeness (QED) is 0.791. The van der Waals surface area contributed by atoms with Gasteiger partial charge in [0.2, 0.25) is 10.9 Å². The third kappa shape index (κ3) is 2.26. The first-order chi connectivity index (χ1) is 8.84. The summed E-state index contributed by atoms with van der Waals surface area (Å²) in [5.41, 5.74) is 0.599. The number of ether oxygens (including phenoxy) is 2. The second kappa shape index (κ2) is 5.07. The lowest BCUT2D eigenvalue weighted by Gasteiger charge is -2.21. The minimum absolute atomic E-state index is 0.327. The predicted octanol–water partition coefficient (Wildman–Crippen LogP) is 1.58. The van der Waals surface area contributed by atoms with Gasteiger partial charge in [0.1, 0.15) is 6.33 Å². The highest BCUT2D eigenvalue weighted by atomic mass is 35.5. The van der Waals surface area contributed by atoms with E-state index < -0.39 is 0 Å². The summed E-state index contributed by atoms with van der Waals surface area (Å²) in [5, 5.41) is 8.12. The summed E-state index contributed by atoms with van der Waals surface area (Å²) in [7, 11) is 0. The van der Waals surface area contributed by atoms with Crippen molar-refractivity contribution in [2.45, 2.75) is 12.8 Å². The van der Waals surface area contributed by atoms with Crippen LogP contribution in [0.4, 0.5) is 0 Å². The van der Waals surface area contributed by atoms with E-state index in [9.17, 15) is 0 Å². The van der Waals surface area contributed by atoms with Gasteiger partial charge in [0.15, 0.2) is 5.75 Å². The minimum Gasteiger partial charge on any atom is -0.488 e. The number of rotatable bonds is 3. The maximum absolute atomic E-state index is 5.92. The number of nitrogens with zero attached hydrogens (tertiary/aromatic N) is 4. The number of fused-ring (bicyclic) bond motifs is 1. The van der Waals surface area contributed by atoms with E-state index in [-0.39, 0.29) is 0 Å². The number of hydrogen-bond donors (Lipinski definition) is 0. The molecule has 2 aromatic rings. The fourth-order valence-corrected chi connectivity index (χ4v) is 2.16. The summed E-state index contributed by atoms with van der Waals surface area (Å²) in [4.78, 5) is 4.04. The molecule has 1 fully saturated rings. The highest BCUT2D eigenvalue weighted by molar-refractivity contribution is 6.28. The van der Waals surface area contributed by atoms with Gasteiger partial charge in [-0.2, -0.15) is 0 Å². The molecule has 0 N–H and O–H groups in total. The molecule has 1 saturated heterocycles. The van der Waals surface area contributed by atoms with Gasteiger partial charge in [-0.3, -0.25) is 4.40 Å². The minimum atomic E-state index is 0.327. The van der Waals surface area contributed by atoms with Crippen LogP contribution in [-0.4, -0.2) is 39.4 Å². The van der Waals surface area contributed by atoms with Crippen LogP contribution in [0.25, 0.3) is 5.65 Å². The molecular weight excluding hydrogens is 256 g/mol. The van der Waals surface area contributed by atoms with E-state index in [0.717, 1.165) is 26.1 Å². The van der Waals surface area contributed by atoms with E-state index in [1.54, 1.807) is 10.6 Å². The molecule has 0 aliphatic carbocycles. The Kier molecular flexibility index (Phi) is 3.29. The lowest BCUT2D eigenvalue weighted by atomic mass is 10.0. The predicted molar refractivity (Wildman–Crippen MR) is 64.8 cm³/mol. The van der Waals surface area contributed by atoms with Gasteiger partial charge in [0.25, 0.3) is 0 Å². The molecule has 7 heteroatoms. The third-order valence-electron chi connectivity index (χ3n) is 3.07. The Morgan fingerprint density at radius 3 is 3.11 bits per heavy atom. The van der Waals surface area contributed by atoms with Gasteiger partial charge in [-0.05, 0) is 30.4 Å². The van der Waals surface area contributed by atoms with Crippen LogP contribution in [-0.2, 0) is 4.74 Å². The molecule has 96 valence electrons. The van der Waals surface area contributed by atoms with Crippen LogP contribution in [0.15, 0.2) is 12.5 Å². The maximum Gasteiger partial charge on any atom is 0.210 e. The molecule has 3 rings (SSSR count). The van der Waals surface area contributed by atoms with Crippen molar-refractivity contribution < 1.29 is 9.47 Å². The second-order valence-electron chi connectivity index (χ2n) is 4.28. The van der Waals surface area contributed by atoms with E-state index in [1.165, 1.54) is 6.33 Å². The SMILES string of the molecule is Clc1ncc(OCC2CCOCC2)c2nncn12. The maximum atomic E-state index is 5.92. The van der Waals surface area contributed by atoms with E-state index in [1.807, 2.05) is 0 Å². The zero-order chi connectivity index (χ0) is 12.4. The first-order valence-electron chi connectivity index (χ1n) is 5.89. The molecule has 2 aromatic heterocycles. The molecule has 0 atom stereocenters. The molecule has 0 bridgehead atoms. The van der Waals surface area contributed by atoms with Gasteiger partial charge < -0.3 is 9.47 Å². The Hall–Kier alpha value is -1.40. The Balaban J connectivity index is 1.74. The molecule has 1 aliphatic rings. The highest BCUT2D eigenvalue weighted by Crippen LogP contribution is 2.22. The largest absolute Gasteiger partial charge is 0.488 e. The zero-order valence-electron chi connectivity index (χ0n) is 9.75. The standard InChI is InChI=1S/C11H13ClN4O2/c12-11-13-5-9(10-15-14-7-16(10)11)18-6-8-1-3-17-4-2-8/h5,7-8H,1-4,6H2. The molecule has 0 unspecified atom stereocenters. The summed E-state index contributed by atoms with van der Waals surface area (Å²) < 4.78 is 12.7. The highest BCUT2D eigenvalue weighted by Gasteiger charge is 2.16. The molecule has 0 saturated carbocycles. The van der Waals surface area contributed by atoms with Gasteiger partial charge in [0.05, 0.1) is 12.8 Å². The van der Waals surface area contributed by atoms with Crippen molar-refractivity contribution in [1.29, 1.82) is 0 Å². The van der Waals surface area contributed by atoms with Gasteiger partial charge in [-0.15, -0.1) is 10.2 Å². The summed E-state index contributed by atoms with van der Waals surface area (Å²) in [6.45, 7) is 2.27. The summed E-state index contributed by atoms with van der Waals surface area (Å²) in [6, 6.07) is 0. The first-order valence-corrected chi connectivity index (χ1v) is 6.27. The topological polar surface area (TPSA) is 61.5 Å². The average molecular weight is 269 g/mol. The summed E-state index contributed by atoms with van der Waals surface area (Å²) in [5.74, 6) is 1.14. The fraction of sp³-hybridized carbons (Fsp3) is 0.545. The van der Waals surface area contributed by atoms with Crippen LogP contribution in [0.3, 0.4) is 0 Å². The number of aromatic nitrogens is 4. The van der Waals surface area contributed by atoms with Crippen LogP contribution < -0.4 is 4.74 Å². The van der Waals surface area contributed by atoms with Crippen molar-refractivity contribution in [3.8, 4) is 5.75 Å².